The minimum absolute atomic E-state index is 0.0503. The molecule has 0 saturated heterocycles. The number of pyridine rings is 1. The van der Waals surface area contributed by atoms with Crippen LogP contribution in [-0.2, 0) is 0 Å². The Morgan fingerprint density at radius 1 is 1.28 bits per heavy atom. The summed E-state index contributed by atoms with van der Waals surface area (Å²) in [5, 5.41) is 0.605. The standard InChI is InChI=1S/C13H21ClN4/c14-10-7-11(13(15)17-8-10)12(18-16)9-5-3-1-2-4-6-9/h7-9,12,18H,1-6,16H2,(H2,15,17). The molecule has 0 radical (unpaired) electrons. The van der Waals surface area contributed by atoms with Crippen LogP contribution in [0.5, 0.6) is 0 Å². The Labute approximate surface area is 113 Å². The molecular weight excluding hydrogens is 248 g/mol. The number of nitrogens with zero attached hydrogens (tertiary/aromatic N) is 1. The van der Waals surface area contributed by atoms with Gasteiger partial charge in [0.1, 0.15) is 5.82 Å². The predicted molar refractivity (Wildman–Crippen MR) is 74.9 cm³/mol. The van der Waals surface area contributed by atoms with Gasteiger partial charge in [-0.2, -0.15) is 0 Å². The summed E-state index contributed by atoms with van der Waals surface area (Å²) in [6.07, 6.45) is 9.09. The summed E-state index contributed by atoms with van der Waals surface area (Å²) in [5.74, 6) is 6.76. The molecule has 2 rings (SSSR count). The Hall–Kier alpha value is -0.840. The van der Waals surface area contributed by atoms with Crippen molar-refractivity contribution in [2.24, 2.45) is 11.8 Å². The minimum atomic E-state index is 0.0503. The number of hydrogen-bond donors (Lipinski definition) is 3. The third-order valence-corrected chi connectivity index (χ3v) is 4.01. The van der Waals surface area contributed by atoms with E-state index < -0.39 is 0 Å². The van der Waals surface area contributed by atoms with Crippen molar-refractivity contribution in [2.45, 2.75) is 44.6 Å². The lowest BCUT2D eigenvalue weighted by atomic mass is 9.88. The first-order chi connectivity index (χ1) is 8.72. The number of hydrogen-bond acceptors (Lipinski definition) is 4. The average Bonchev–Trinajstić information content (AvgIpc) is 2.64. The summed E-state index contributed by atoms with van der Waals surface area (Å²) in [5.41, 5.74) is 9.78. The van der Waals surface area contributed by atoms with E-state index in [1.165, 1.54) is 38.5 Å². The maximum atomic E-state index is 6.00. The summed E-state index contributed by atoms with van der Waals surface area (Å²) in [6, 6.07) is 1.92. The zero-order chi connectivity index (χ0) is 13.0. The number of halogens is 1. The minimum Gasteiger partial charge on any atom is -0.383 e. The van der Waals surface area contributed by atoms with Crippen LogP contribution in [0.25, 0.3) is 0 Å². The van der Waals surface area contributed by atoms with Crippen molar-refractivity contribution in [3.05, 3.63) is 22.8 Å². The molecule has 4 nitrogen and oxygen atoms in total. The van der Waals surface area contributed by atoms with E-state index in [1.54, 1.807) is 6.20 Å². The first-order valence-corrected chi connectivity index (χ1v) is 6.97. The second-order valence-corrected chi connectivity index (χ2v) is 5.46. The maximum absolute atomic E-state index is 6.00. The van der Waals surface area contributed by atoms with E-state index in [1.807, 2.05) is 6.07 Å². The molecule has 0 aliphatic heterocycles. The van der Waals surface area contributed by atoms with E-state index in [9.17, 15) is 0 Å². The van der Waals surface area contributed by atoms with E-state index in [2.05, 4.69) is 10.4 Å². The SMILES string of the molecule is NNC(c1cc(Cl)cnc1N)C1CCCCCC1. The molecule has 1 saturated carbocycles. The molecule has 1 fully saturated rings. The molecule has 0 amide bonds. The highest BCUT2D eigenvalue weighted by atomic mass is 35.5. The van der Waals surface area contributed by atoms with Crippen LogP contribution in [0, 0.1) is 5.92 Å². The van der Waals surface area contributed by atoms with E-state index in [0.29, 0.717) is 16.8 Å². The van der Waals surface area contributed by atoms with Gasteiger partial charge in [-0.05, 0) is 24.8 Å². The van der Waals surface area contributed by atoms with Crippen LogP contribution in [0.4, 0.5) is 5.82 Å². The second kappa shape index (κ2) is 6.36. The summed E-state index contributed by atoms with van der Waals surface area (Å²) >= 11 is 6.00. The van der Waals surface area contributed by atoms with Gasteiger partial charge in [0.25, 0.3) is 0 Å². The van der Waals surface area contributed by atoms with Crippen LogP contribution in [0.15, 0.2) is 12.3 Å². The quantitative estimate of drug-likeness (QED) is 0.448. The lowest BCUT2D eigenvalue weighted by Crippen LogP contribution is -2.34. The molecular formula is C13H21ClN4. The Balaban J connectivity index is 2.23. The molecule has 1 aromatic rings. The van der Waals surface area contributed by atoms with Crippen LogP contribution in [-0.4, -0.2) is 4.98 Å². The molecule has 1 aliphatic carbocycles. The molecule has 1 aliphatic rings. The van der Waals surface area contributed by atoms with E-state index in [-0.39, 0.29) is 6.04 Å². The molecule has 18 heavy (non-hydrogen) atoms. The summed E-state index contributed by atoms with van der Waals surface area (Å²) < 4.78 is 0. The number of hydrazine groups is 1. The molecule has 5 heteroatoms. The van der Waals surface area contributed by atoms with Crippen LogP contribution in [0.1, 0.15) is 50.1 Å². The van der Waals surface area contributed by atoms with Gasteiger partial charge in [0.2, 0.25) is 0 Å². The summed E-state index contributed by atoms with van der Waals surface area (Å²) in [7, 11) is 0. The van der Waals surface area contributed by atoms with Crippen molar-refractivity contribution in [1.29, 1.82) is 0 Å². The van der Waals surface area contributed by atoms with Crippen LogP contribution in [0.3, 0.4) is 0 Å². The highest BCUT2D eigenvalue weighted by molar-refractivity contribution is 6.30. The molecule has 1 heterocycles. The fraction of sp³-hybridized carbons (Fsp3) is 0.615. The summed E-state index contributed by atoms with van der Waals surface area (Å²) in [6.45, 7) is 0. The monoisotopic (exact) mass is 268 g/mol. The van der Waals surface area contributed by atoms with E-state index >= 15 is 0 Å². The molecule has 0 spiro atoms. The highest BCUT2D eigenvalue weighted by Gasteiger charge is 2.25. The van der Waals surface area contributed by atoms with Crippen molar-refractivity contribution in [2.75, 3.05) is 5.73 Å². The largest absolute Gasteiger partial charge is 0.383 e. The molecule has 100 valence electrons. The first kappa shape index (κ1) is 13.6. The van der Waals surface area contributed by atoms with Crippen molar-refractivity contribution in [1.82, 2.24) is 10.4 Å². The normalized spacial score (nSPS) is 19.4. The van der Waals surface area contributed by atoms with Crippen molar-refractivity contribution >= 4 is 17.4 Å². The number of rotatable bonds is 3. The van der Waals surface area contributed by atoms with Crippen molar-refractivity contribution in [3.8, 4) is 0 Å². The zero-order valence-corrected chi connectivity index (χ0v) is 11.3. The molecule has 1 unspecified atom stereocenters. The molecule has 0 bridgehead atoms. The maximum Gasteiger partial charge on any atom is 0.128 e. The van der Waals surface area contributed by atoms with Crippen LogP contribution >= 0.6 is 11.6 Å². The van der Waals surface area contributed by atoms with Gasteiger partial charge < -0.3 is 5.73 Å². The molecule has 1 atom stereocenters. The van der Waals surface area contributed by atoms with Gasteiger partial charge in [-0.15, -0.1) is 0 Å². The number of anilines is 1. The average molecular weight is 269 g/mol. The third-order valence-electron chi connectivity index (χ3n) is 3.80. The van der Waals surface area contributed by atoms with Crippen LogP contribution in [0.2, 0.25) is 5.02 Å². The summed E-state index contributed by atoms with van der Waals surface area (Å²) in [4.78, 5) is 4.12. The number of nitrogens with one attached hydrogen (secondary N) is 1. The van der Waals surface area contributed by atoms with Gasteiger partial charge in [0, 0.05) is 11.8 Å². The predicted octanol–water partition coefficient (Wildman–Crippen LogP) is 2.79. The highest BCUT2D eigenvalue weighted by Crippen LogP contribution is 2.35. The number of nitrogen functional groups attached to an aromatic ring is 1. The second-order valence-electron chi connectivity index (χ2n) is 5.02. The lowest BCUT2D eigenvalue weighted by molar-refractivity contribution is 0.329. The fourth-order valence-corrected chi connectivity index (χ4v) is 3.01. The molecule has 5 N–H and O–H groups in total. The van der Waals surface area contributed by atoms with E-state index in [4.69, 9.17) is 23.2 Å². The number of aromatic nitrogens is 1. The van der Waals surface area contributed by atoms with Crippen molar-refractivity contribution < 1.29 is 0 Å². The number of nitrogens with two attached hydrogens (primary N) is 2. The Morgan fingerprint density at radius 2 is 1.94 bits per heavy atom. The van der Waals surface area contributed by atoms with Gasteiger partial charge in [-0.1, -0.05) is 37.3 Å². The van der Waals surface area contributed by atoms with Gasteiger partial charge >= 0.3 is 0 Å². The fourth-order valence-electron chi connectivity index (χ4n) is 2.84. The van der Waals surface area contributed by atoms with Gasteiger partial charge in [0.15, 0.2) is 0 Å². The van der Waals surface area contributed by atoms with Gasteiger partial charge in [-0.25, -0.2) is 4.98 Å². The Kier molecular flexibility index (Phi) is 4.80. The van der Waals surface area contributed by atoms with Crippen LogP contribution < -0.4 is 17.0 Å². The van der Waals surface area contributed by atoms with E-state index in [0.717, 1.165) is 5.56 Å². The first-order valence-electron chi connectivity index (χ1n) is 6.59. The Morgan fingerprint density at radius 3 is 2.56 bits per heavy atom. The topological polar surface area (TPSA) is 77.0 Å². The Bertz CT molecular complexity index is 389. The zero-order valence-electron chi connectivity index (χ0n) is 10.5. The smallest absolute Gasteiger partial charge is 0.128 e. The lowest BCUT2D eigenvalue weighted by Gasteiger charge is -2.26. The third kappa shape index (κ3) is 3.13. The molecule has 1 aromatic heterocycles. The van der Waals surface area contributed by atoms with Crippen molar-refractivity contribution in [3.63, 3.8) is 0 Å². The molecule has 0 aromatic carbocycles. The van der Waals surface area contributed by atoms with Gasteiger partial charge in [0.05, 0.1) is 11.1 Å². The van der Waals surface area contributed by atoms with Gasteiger partial charge in [-0.3, -0.25) is 11.3 Å².